The fourth-order valence-electron chi connectivity index (χ4n) is 2.27. The molecule has 0 bridgehead atoms. The lowest BCUT2D eigenvalue weighted by atomic mass is 10.2. The van der Waals surface area contributed by atoms with Crippen molar-refractivity contribution in [1.82, 2.24) is 4.90 Å². The molecule has 1 saturated heterocycles. The molecule has 1 atom stereocenters. The van der Waals surface area contributed by atoms with E-state index in [1.807, 2.05) is 4.90 Å². The van der Waals surface area contributed by atoms with Crippen LogP contribution in [-0.2, 0) is 18.4 Å². The van der Waals surface area contributed by atoms with Crippen LogP contribution in [0.1, 0.15) is 33.1 Å². The fraction of sp³-hybridized carbons (Fsp3) is 0.917. The van der Waals surface area contributed by atoms with E-state index in [4.69, 9.17) is 9.05 Å². The van der Waals surface area contributed by atoms with Gasteiger partial charge in [-0.3, -0.25) is 4.57 Å². The van der Waals surface area contributed by atoms with E-state index in [2.05, 4.69) is 0 Å². The molecule has 7 nitrogen and oxygen atoms in total. The lowest BCUT2D eigenvalue weighted by Gasteiger charge is -2.32. The topological polar surface area (TPSA) is 96.3 Å². The monoisotopic (exact) mass is 309 g/mol. The molecule has 1 fully saturated rings. The van der Waals surface area contributed by atoms with Gasteiger partial charge in [-0.25, -0.2) is 4.79 Å². The Morgan fingerprint density at radius 2 is 1.75 bits per heavy atom. The number of likely N-dealkylation sites (tertiary alicyclic amines) is 1. The normalized spacial score (nSPS) is 19.9. The minimum absolute atomic E-state index is 0.0105. The Labute approximate surface area is 119 Å². The number of hydrogen-bond acceptors (Lipinski definition) is 6. The SMILES string of the molecule is CCOP(=O)(OCC)C(O)(CCN1CCCC1)C(=O)O. The van der Waals surface area contributed by atoms with Crippen molar-refractivity contribution < 1.29 is 28.6 Å². The van der Waals surface area contributed by atoms with Crippen LogP contribution in [0.2, 0.25) is 0 Å². The van der Waals surface area contributed by atoms with Crippen molar-refractivity contribution in [2.45, 2.75) is 38.5 Å². The minimum Gasteiger partial charge on any atom is -0.479 e. The van der Waals surface area contributed by atoms with Crippen molar-refractivity contribution in [1.29, 1.82) is 0 Å². The molecule has 1 aliphatic heterocycles. The van der Waals surface area contributed by atoms with Gasteiger partial charge in [0.15, 0.2) is 0 Å². The van der Waals surface area contributed by atoms with Crippen molar-refractivity contribution in [2.75, 3.05) is 32.8 Å². The number of nitrogens with zero attached hydrogens (tertiary/aromatic N) is 1. The molecule has 1 aliphatic rings. The average molecular weight is 309 g/mol. The van der Waals surface area contributed by atoms with Gasteiger partial charge in [0.2, 0.25) is 0 Å². The van der Waals surface area contributed by atoms with E-state index < -0.39 is 18.9 Å². The smallest absolute Gasteiger partial charge is 0.373 e. The number of rotatable bonds is 9. The van der Waals surface area contributed by atoms with E-state index >= 15 is 0 Å². The Kier molecular flexibility index (Phi) is 6.61. The average Bonchev–Trinajstić information content (AvgIpc) is 2.89. The molecule has 1 unspecified atom stereocenters. The molecule has 20 heavy (non-hydrogen) atoms. The number of carboxylic acids is 1. The van der Waals surface area contributed by atoms with Gasteiger partial charge in [0.1, 0.15) is 0 Å². The third-order valence-corrected chi connectivity index (χ3v) is 5.89. The van der Waals surface area contributed by atoms with Crippen molar-refractivity contribution >= 4 is 13.6 Å². The second kappa shape index (κ2) is 7.52. The zero-order valence-corrected chi connectivity index (χ0v) is 13.0. The maximum atomic E-state index is 12.6. The molecular formula is C12H24NO6P. The van der Waals surface area contributed by atoms with Gasteiger partial charge in [0.05, 0.1) is 13.2 Å². The Hall–Kier alpha value is -0.460. The molecule has 0 radical (unpaired) electrons. The van der Waals surface area contributed by atoms with Gasteiger partial charge in [-0.2, -0.15) is 0 Å². The van der Waals surface area contributed by atoms with Gasteiger partial charge >= 0.3 is 13.6 Å². The summed E-state index contributed by atoms with van der Waals surface area (Å²) >= 11 is 0. The van der Waals surface area contributed by atoms with Crippen molar-refractivity contribution in [2.24, 2.45) is 0 Å². The quantitative estimate of drug-likeness (QED) is 0.623. The Balaban J connectivity index is 2.86. The highest BCUT2D eigenvalue weighted by Gasteiger charge is 2.56. The molecule has 0 saturated carbocycles. The summed E-state index contributed by atoms with van der Waals surface area (Å²) in [6, 6.07) is 0. The Morgan fingerprint density at radius 3 is 2.15 bits per heavy atom. The molecule has 2 N–H and O–H groups in total. The van der Waals surface area contributed by atoms with Gasteiger partial charge in [-0.05, 0) is 39.8 Å². The first kappa shape index (κ1) is 17.6. The van der Waals surface area contributed by atoms with E-state index in [1.54, 1.807) is 13.8 Å². The first-order chi connectivity index (χ1) is 9.39. The summed E-state index contributed by atoms with van der Waals surface area (Å²) in [5, 5.41) is 17.2. The summed E-state index contributed by atoms with van der Waals surface area (Å²) in [5.74, 6) is -1.57. The van der Waals surface area contributed by atoms with Crippen LogP contribution in [0.4, 0.5) is 0 Å². The van der Waals surface area contributed by atoms with Gasteiger partial charge in [0, 0.05) is 13.0 Å². The Bertz CT molecular complexity index is 361. The highest BCUT2D eigenvalue weighted by atomic mass is 31.2. The number of aliphatic carboxylic acids is 1. The van der Waals surface area contributed by atoms with Crippen LogP contribution < -0.4 is 0 Å². The largest absolute Gasteiger partial charge is 0.479 e. The van der Waals surface area contributed by atoms with Gasteiger partial charge in [0.25, 0.3) is 5.34 Å². The van der Waals surface area contributed by atoms with Crippen molar-refractivity contribution in [3.05, 3.63) is 0 Å². The lowest BCUT2D eigenvalue weighted by molar-refractivity contribution is -0.152. The maximum Gasteiger partial charge on any atom is 0.373 e. The molecular weight excluding hydrogens is 285 g/mol. The second-order valence-corrected chi connectivity index (χ2v) is 7.00. The number of carbonyl (C=O) groups is 1. The van der Waals surface area contributed by atoms with Crippen LogP contribution >= 0.6 is 7.60 Å². The van der Waals surface area contributed by atoms with E-state index in [-0.39, 0.29) is 19.6 Å². The molecule has 0 spiro atoms. The zero-order chi connectivity index (χ0) is 15.2. The third kappa shape index (κ3) is 3.80. The molecule has 0 amide bonds. The van der Waals surface area contributed by atoms with E-state index in [0.29, 0.717) is 6.54 Å². The van der Waals surface area contributed by atoms with Crippen molar-refractivity contribution in [3.63, 3.8) is 0 Å². The molecule has 0 aliphatic carbocycles. The molecule has 0 aromatic rings. The van der Waals surface area contributed by atoms with Crippen LogP contribution in [0, 0.1) is 0 Å². The Morgan fingerprint density at radius 1 is 1.25 bits per heavy atom. The summed E-state index contributed by atoms with van der Waals surface area (Å²) in [5.41, 5.74) is 0. The molecule has 1 heterocycles. The summed E-state index contributed by atoms with van der Waals surface area (Å²) in [6.45, 7) is 5.26. The van der Waals surface area contributed by atoms with E-state index in [9.17, 15) is 19.6 Å². The summed E-state index contributed by atoms with van der Waals surface area (Å²) in [4.78, 5) is 13.5. The molecule has 0 aromatic heterocycles. The molecule has 0 aromatic carbocycles. The number of hydrogen-bond donors (Lipinski definition) is 2. The van der Waals surface area contributed by atoms with E-state index in [0.717, 1.165) is 25.9 Å². The maximum absolute atomic E-state index is 12.6. The van der Waals surface area contributed by atoms with Gasteiger partial charge in [-0.1, -0.05) is 0 Å². The predicted octanol–water partition coefficient (Wildman–Crippen LogP) is 1.51. The second-order valence-electron chi connectivity index (χ2n) is 4.75. The zero-order valence-electron chi connectivity index (χ0n) is 12.1. The summed E-state index contributed by atoms with van der Waals surface area (Å²) in [6.07, 6.45) is 1.93. The van der Waals surface area contributed by atoms with Crippen LogP contribution in [0.3, 0.4) is 0 Å². The fourth-order valence-corrected chi connectivity index (χ4v) is 4.06. The first-order valence-electron chi connectivity index (χ1n) is 6.97. The lowest BCUT2D eigenvalue weighted by Crippen LogP contribution is -2.42. The molecule has 118 valence electrons. The minimum atomic E-state index is -4.12. The van der Waals surface area contributed by atoms with E-state index in [1.165, 1.54) is 0 Å². The van der Waals surface area contributed by atoms with Crippen LogP contribution in [-0.4, -0.2) is 59.3 Å². The van der Waals surface area contributed by atoms with Crippen LogP contribution in [0.15, 0.2) is 0 Å². The first-order valence-corrected chi connectivity index (χ1v) is 8.51. The van der Waals surface area contributed by atoms with Gasteiger partial charge in [-0.15, -0.1) is 0 Å². The standard InChI is InChI=1S/C12H24NO6P/c1-3-18-20(17,19-4-2)12(16,11(14)15)7-10-13-8-5-6-9-13/h16H,3-10H2,1-2H3,(H,14,15). The highest BCUT2D eigenvalue weighted by molar-refractivity contribution is 7.56. The van der Waals surface area contributed by atoms with Gasteiger partial charge < -0.3 is 24.2 Å². The number of aliphatic hydroxyl groups is 1. The summed E-state index contributed by atoms with van der Waals surface area (Å²) in [7, 11) is -4.12. The summed E-state index contributed by atoms with van der Waals surface area (Å²) < 4.78 is 22.6. The van der Waals surface area contributed by atoms with Crippen LogP contribution in [0.25, 0.3) is 0 Å². The molecule has 8 heteroatoms. The van der Waals surface area contributed by atoms with Crippen molar-refractivity contribution in [3.8, 4) is 0 Å². The van der Waals surface area contributed by atoms with Crippen LogP contribution in [0.5, 0.6) is 0 Å². The highest BCUT2D eigenvalue weighted by Crippen LogP contribution is 2.60. The number of carboxylic acid groups (broad SMARTS) is 1. The predicted molar refractivity (Wildman–Crippen MR) is 73.7 cm³/mol. The third-order valence-electron chi connectivity index (χ3n) is 3.37. The molecule has 1 rings (SSSR count).